The molecule has 1 unspecified atom stereocenters. The van der Waals surface area contributed by atoms with E-state index >= 15 is 0 Å². The Morgan fingerprint density at radius 2 is 2.08 bits per heavy atom. The highest BCUT2D eigenvalue weighted by Crippen LogP contribution is 2.10. The zero-order valence-corrected chi connectivity index (χ0v) is 8.85. The molecule has 1 heterocycles. The fourth-order valence-electron chi connectivity index (χ4n) is 1.78. The molecular weight excluding hydrogens is 162 g/mol. The van der Waals surface area contributed by atoms with Crippen molar-refractivity contribution in [3.8, 4) is 0 Å². The largest absolute Gasteiger partial charge is 0.376 e. The first-order chi connectivity index (χ1) is 6.43. The topological polar surface area (TPSA) is 21.3 Å². The summed E-state index contributed by atoms with van der Waals surface area (Å²) in [5.74, 6) is 0. The lowest BCUT2D eigenvalue weighted by Gasteiger charge is -2.23. The molecule has 1 saturated heterocycles. The number of hydrogen-bond acceptors (Lipinski definition) is 2. The van der Waals surface area contributed by atoms with Gasteiger partial charge >= 0.3 is 0 Å². The zero-order chi connectivity index (χ0) is 9.36. The van der Waals surface area contributed by atoms with Crippen molar-refractivity contribution in [2.75, 3.05) is 19.7 Å². The van der Waals surface area contributed by atoms with E-state index in [1.165, 1.54) is 38.5 Å². The fourth-order valence-corrected chi connectivity index (χ4v) is 1.78. The van der Waals surface area contributed by atoms with Gasteiger partial charge in [0.15, 0.2) is 0 Å². The van der Waals surface area contributed by atoms with E-state index in [0.29, 0.717) is 6.10 Å². The Kier molecular flexibility index (Phi) is 6.21. The number of ether oxygens (including phenoxy) is 1. The van der Waals surface area contributed by atoms with E-state index in [1.807, 2.05) is 0 Å². The Morgan fingerprint density at radius 3 is 2.77 bits per heavy atom. The number of hydrogen-bond donors (Lipinski definition) is 1. The van der Waals surface area contributed by atoms with E-state index in [4.69, 9.17) is 4.74 Å². The van der Waals surface area contributed by atoms with Gasteiger partial charge in [-0.15, -0.1) is 0 Å². The van der Waals surface area contributed by atoms with E-state index in [-0.39, 0.29) is 0 Å². The quantitative estimate of drug-likeness (QED) is 0.641. The van der Waals surface area contributed by atoms with Gasteiger partial charge in [-0.1, -0.05) is 39.0 Å². The number of nitrogens with one attached hydrogen (secondary N) is 1. The lowest BCUT2D eigenvalue weighted by molar-refractivity contribution is 0.0220. The van der Waals surface area contributed by atoms with Crippen LogP contribution in [-0.2, 0) is 4.74 Å². The lowest BCUT2D eigenvalue weighted by atomic mass is 10.1. The number of rotatable bonds is 6. The average Bonchev–Trinajstić information content (AvgIpc) is 2.19. The molecule has 1 aliphatic rings. The van der Waals surface area contributed by atoms with Crippen molar-refractivity contribution >= 4 is 0 Å². The highest BCUT2D eigenvalue weighted by molar-refractivity contribution is 4.66. The van der Waals surface area contributed by atoms with Crippen LogP contribution in [0.25, 0.3) is 0 Å². The van der Waals surface area contributed by atoms with Crippen molar-refractivity contribution in [1.82, 2.24) is 5.32 Å². The molecule has 0 saturated carbocycles. The van der Waals surface area contributed by atoms with Gasteiger partial charge in [0, 0.05) is 13.1 Å². The van der Waals surface area contributed by atoms with Crippen LogP contribution in [0.1, 0.15) is 45.4 Å². The average molecular weight is 185 g/mol. The molecule has 1 fully saturated rings. The van der Waals surface area contributed by atoms with Gasteiger partial charge < -0.3 is 10.1 Å². The SMILES string of the molecule is CCCCCCCC1CNCCO1. The second kappa shape index (κ2) is 7.34. The Balaban J connectivity index is 1.86. The Labute approximate surface area is 82.0 Å². The monoisotopic (exact) mass is 185 g/mol. The molecule has 0 radical (unpaired) electrons. The summed E-state index contributed by atoms with van der Waals surface area (Å²) in [5, 5.41) is 3.36. The molecule has 0 aromatic heterocycles. The van der Waals surface area contributed by atoms with E-state index in [1.54, 1.807) is 0 Å². The minimum atomic E-state index is 0.496. The molecule has 1 rings (SSSR count). The molecule has 13 heavy (non-hydrogen) atoms. The third kappa shape index (κ3) is 5.27. The smallest absolute Gasteiger partial charge is 0.0700 e. The maximum Gasteiger partial charge on any atom is 0.0700 e. The van der Waals surface area contributed by atoms with Crippen LogP contribution >= 0.6 is 0 Å². The van der Waals surface area contributed by atoms with Crippen LogP contribution in [0.5, 0.6) is 0 Å². The summed E-state index contributed by atoms with van der Waals surface area (Å²) < 4.78 is 5.62. The molecular formula is C11H23NO. The molecule has 0 aromatic rings. The maximum atomic E-state index is 5.62. The van der Waals surface area contributed by atoms with E-state index in [0.717, 1.165) is 19.7 Å². The van der Waals surface area contributed by atoms with Crippen LogP contribution < -0.4 is 5.32 Å². The molecule has 0 bridgehead atoms. The summed E-state index contributed by atoms with van der Waals surface area (Å²) in [5.41, 5.74) is 0. The van der Waals surface area contributed by atoms with Crippen LogP contribution in [0.4, 0.5) is 0 Å². The third-order valence-electron chi connectivity index (χ3n) is 2.63. The van der Waals surface area contributed by atoms with Crippen molar-refractivity contribution in [3.05, 3.63) is 0 Å². The number of morpholine rings is 1. The van der Waals surface area contributed by atoms with Crippen molar-refractivity contribution < 1.29 is 4.74 Å². The minimum absolute atomic E-state index is 0.496. The van der Waals surface area contributed by atoms with Gasteiger partial charge in [-0.2, -0.15) is 0 Å². The second-order valence-electron chi connectivity index (χ2n) is 3.90. The van der Waals surface area contributed by atoms with Gasteiger partial charge in [0.2, 0.25) is 0 Å². The molecule has 1 N–H and O–H groups in total. The minimum Gasteiger partial charge on any atom is -0.376 e. The molecule has 1 atom stereocenters. The van der Waals surface area contributed by atoms with Crippen LogP contribution in [0.3, 0.4) is 0 Å². The van der Waals surface area contributed by atoms with Crippen molar-refractivity contribution in [3.63, 3.8) is 0 Å². The lowest BCUT2D eigenvalue weighted by Crippen LogP contribution is -2.38. The molecule has 78 valence electrons. The van der Waals surface area contributed by atoms with E-state index in [9.17, 15) is 0 Å². The first kappa shape index (κ1) is 11.0. The first-order valence-corrected chi connectivity index (χ1v) is 5.76. The summed E-state index contributed by atoms with van der Waals surface area (Å²) in [6.07, 6.45) is 8.59. The summed E-state index contributed by atoms with van der Waals surface area (Å²) in [6, 6.07) is 0. The Morgan fingerprint density at radius 1 is 1.23 bits per heavy atom. The molecule has 2 heteroatoms. The van der Waals surface area contributed by atoms with Crippen LogP contribution in [0, 0.1) is 0 Å². The number of unbranched alkanes of at least 4 members (excludes halogenated alkanes) is 4. The maximum absolute atomic E-state index is 5.62. The summed E-state index contributed by atoms with van der Waals surface area (Å²) in [6.45, 7) is 5.26. The van der Waals surface area contributed by atoms with Crippen molar-refractivity contribution in [1.29, 1.82) is 0 Å². The summed E-state index contributed by atoms with van der Waals surface area (Å²) in [4.78, 5) is 0. The summed E-state index contributed by atoms with van der Waals surface area (Å²) in [7, 11) is 0. The van der Waals surface area contributed by atoms with Crippen LogP contribution in [0.2, 0.25) is 0 Å². The van der Waals surface area contributed by atoms with E-state index < -0.39 is 0 Å². The van der Waals surface area contributed by atoms with Gasteiger partial charge in [0.25, 0.3) is 0 Å². The molecule has 0 amide bonds. The second-order valence-corrected chi connectivity index (χ2v) is 3.90. The molecule has 0 aromatic carbocycles. The van der Waals surface area contributed by atoms with Gasteiger partial charge in [-0.3, -0.25) is 0 Å². The zero-order valence-electron chi connectivity index (χ0n) is 8.85. The highest BCUT2D eigenvalue weighted by atomic mass is 16.5. The van der Waals surface area contributed by atoms with Crippen LogP contribution in [0.15, 0.2) is 0 Å². The molecule has 0 spiro atoms. The predicted octanol–water partition coefficient (Wildman–Crippen LogP) is 2.34. The van der Waals surface area contributed by atoms with Crippen molar-refractivity contribution in [2.45, 2.75) is 51.6 Å². The third-order valence-corrected chi connectivity index (χ3v) is 2.63. The Hall–Kier alpha value is -0.0800. The first-order valence-electron chi connectivity index (χ1n) is 5.76. The normalized spacial score (nSPS) is 23.3. The molecule has 1 aliphatic heterocycles. The van der Waals surface area contributed by atoms with Gasteiger partial charge in [-0.05, 0) is 6.42 Å². The predicted molar refractivity (Wildman–Crippen MR) is 56.0 cm³/mol. The van der Waals surface area contributed by atoms with Crippen molar-refractivity contribution in [2.24, 2.45) is 0 Å². The summed E-state index contributed by atoms with van der Waals surface area (Å²) >= 11 is 0. The highest BCUT2D eigenvalue weighted by Gasteiger charge is 2.11. The van der Waals surface area contributed by atoms with Gasteiger partial charge in [0.1, 0.15) is 0 Å². The van der Waals surface area contributed by atoms with Gasteiger partial charge in [0.05, 0.1) is 12.7 Å². The molecule has 2 nitrogen and oxygen atoms in total. The van der Waals surface area contributed by atoms with E-state index in [2.05, 4.69) is 12.2 Å². The molecule has 0 aliphatic carbocycles. The van der Waals surface area contributed by atoms with Crippen LogP contribution in [-0.4, -0.2) is 25.8 Å². The van der Waals surface area contributed by atoms with Gasteiger partial charge in [-0.25, -0.2) is 0 Å². The standard InChI is InChI=1S/C11H23NO/c1-2-3-4-5-6-7-11-10-12-8-9-13-11/h11-12H,2-10H2,1H3. The Bertz CT molecular complexity index is 111. The fraction of sp³-hybridized carbons (Fsp3) is 1.00.